The molecule has 4 heteroatoms. The van der Waals surface area contributed by atoms with E-state index in [-0.39, 0.29) is 0 Å². The van der Waals surface area contributed by atoms with Crippen LogP contribution in [0.1, 0.15) is 24.8 Å². The summed E-state index contributed by atoms with van der Waals surface area (Å²) in [5.74, 6) is -1.45. The first-order valence-electron chi connectivity index (χ1n) is 5.83. The molecule has 0 aliphatic carbocycles. The van der Waals surface area contributed by atoms with Gasteiger partial charge in [0.1, 0.15) is 7.85 Å². The molecule has 0 bridgehead atoms. The van der Waals surface area contributed by atoms with Crippen LogP contribution in [0, 0.1) is 11.6 Å². The van der Waals surface area contributed by atoms with Gasteiger partial charge in [-0.3, -0.25) is 4.90 Å². The third-order valence-electron chi connectivity index (χ3n) is 3.12. The first-order valence-corrected chi connectivity index (χ1v) is 5.83. The van der Waals surface area contributed by atoms with Crippen LogP contribution < -0.4 is 5.46 Å². The number of rotatable bonds is 2. The zero-order valence-corrected chi connectivity index (χ0v) is 9.60. The lowest BCUT2D eigenvalue weighted by Gasteiger charge is -2.26. The van der Waals surface area contributed by atoms with Crippen LogP contribution in [0.2, 0.25) is 0 Å². The lowest BCUT2D eigenvalue weighted by Crippen LogP contribution is -2.29. The molecule has 0 aromatic heterocycles. The average molecular weight is 223 g/mol. The van der Waals surface area contributed by atoms with Gasteiger partial charge in [0, 0.05) is 6.54 Å². The van der Waals surface area contributed by atoms with Crippen LogP contribution in [0.5, 0.6) is 0 Å². The minimum Gasteiger partial charge on any atom is -0.299 e. The first-order chi connectivity index (χ1) is 7.66. The Morgan fingerprint density at radius 2 is 1.81 bits per heavy atom. The maximum Gasteiger partial charge on any atom is 0.158 e. The van der Waals surface area contributed by atoms with Crippen molar-refractivity contribution < 1.29 is 8.78 Å². The second kappa shape index (κ2) is 4.96. The SMILES string of the molecule is Bc1cc(CN2CCCCC2)cc(F)c1F. The van der Waals surface area contributed by atoms with Crippen LogP contribution in [0.4, 0.5) is 8.78 Å². The van der Waals surface area contributed by atoms with Gasteiger partial charge in [-0.15, -0.1) is 0 Å². The molecule has 0 atom stereocenters. The second-order valence-electron chi connectivity index (χ2n) is 4.55. The zero-order chi connectivity index (χ0) is 11.5. The van der Waals surface area contributed by atoms with Gasteiger partial charge < -0.3 is 0 Å². The number of halogens is 2. The van der Waals surface area contributed by atoms with Gasteiger partial charge in [-0.05, 0) is 37.6 Å². The summed E-state index contributed by atoms with van der Waals surface area (Å²) in [7, 11) is 1.61. The summed E-state index contributed by atoms with van der Waals surface area (Å²) in [4.78, 5) is 2.30. The van der Waals surface area contributed by atoms with Gasteiger partial charge in [-0.2, -0.15) is 0 Å². The van der Waals surface area contributed by atoms with Gasteiger partial charge >= 0.3 is 0 Å². The molecule has 1 saturated heterocycles. The van der Waals surface area contributed by atoms with Crippen molar-refractivity contribution in [1.82, 2.24) is 4.90 Å². The highest BCUT2D eigenvalue weighted by atomic mass is 19.2. The second-order valence-corrected chi connectivity index (χ2v) is 4.55. The molecule has 0 unspecified atom stereocenters. The molecule has 0 saturated carbocycles. The Bertz CT molecular complexity index is 352. The van der Waals surface area contributed by atoms with Gasteiger partial charge in [0.05, 0.1) is 0 Å². The van der Waals surface area contributed by atoms with Crippen molar-refractivity contribution in [2.24, 2.45) is 0 Å². The van der Waals surface area contributed by atoms with Gasteiger partial charge in [-0.25, -0.2) is 8.78 Å². The summed E-state index contributed by atoms with van der Waals surface area (Å²) in [6, 6.07) is 3.06. The van der Waals surface area contributed by atoms with E-state index in [4.69, 9.17) is 0 Å². The number of nitrogens with zero attached hydrogens (tertiary/aromatic N) is 1. The Balaban J connectivity index is 2.09. The average Bonchev–Trinajstić information content (AvgIpc) is 2.27. The fraction of sp³-hybridized carbons (Fsp3) is 0.500. The summed E-state index contributed by atoms with van der Waals surface area (Å²) in [6.07, 6.45) is 3.71. The number of likely N-dealkylation sites (tertiary alicyclic amines) is 1. The lowest BCUT2D eigenvalue weighted by atomic mass is 9.93. The van der Waals surface area contributed by atoms with Gasteiger partial charge in [-0.1, -0.05) is 17.9 Å². The molecule has 1 heterocycles. The van der Waals surface area contributed by atoms with E-state index < -0.39 is 11.6 Å². The maximum atomic E-state index is 13.2. The van der Waals surface area contributed by atoms with Gasteiger partial charge in [0.2, 0.25) is 0 Å². The third kappa shape index (κ3) is 2.61. The van der Waals surface area contributed by atoms with Crippen molar-refractivity contribution in [2.75, 3.05) is 13.1 Å². The molecule has 0 N–H and O–H groups in total. The molecule has 2 rings (SSSR count). The summed E-state index contributed by atoms with van der Waals surface area (Å²) < 4.78 is 26.3. The molecule has 0 amide bonds. The maximum absolute atomic E-state index is 13.2. The van der Waals surface area contributed by atoms with Crippen LogP contribution in [-0.4, -0.2) is 25.8 Å². The van der Waals surface area contributed by atoms with E-state index in [2.05, 4.69) is 4.90 Å². The quantitative estimate of drug-likeness (QED) is 0.681. The topological polar surface area (TPSA) is 3.24 Å². The van der Waals surface area contributed by atoms with E-state index in [1.165, 1.54) is 25.3 Å². The van der Waals surface area contributed by atoms with E-state index in [9.17, 15) is 8.78 Å². The fourth-order valence-electron chi connectivity index (χ4n) is 2.26. The molecular formula is C12H16BF2N. The monoisotopic (exact) mass is 223 g/mol. The Morgan fingerprint density at radius 1 is 1.12 bits per heavy atom. The summed E-state index contributed by atoms with van der Waals surface area (Å²) in [5.41, 5.74) is 1.27. The normalized spacial score (nSPS) is 17.6. The van der Waals surface area contributed by atoms with Crippen molar-refractivity contribution in [2.45, 2.75) is 25.8 Å². The summed E-state index contributed by atoms with van der Waals surface area (Å²) in [6.45, 7) is 2.87. The molecule has 1 nitrogen and oxygen atoms in total. The molecule has 1 fully saturated rings. The van der Waals surface area contributed by atoms with Crippen LogP contribution in [0.15, 0.2) is 12.1 Å². The standard InChI is InChI=1S/C12H16BF2N/c13-10-6-9(7-11(14)12(10)15)8-16-4-2-1-3-5-16/h6-7H,1-5,8,13H2. The van der Waals surface area contributed by atoms with Crippen LogP contribution >= 0.6 is 0 Å². The van der Waals surface area contributed by atoms with Crippen LogP contribution in [-0.2, 0) is 6.54 Å². The van der Waals surface area contributed by atoms with Crippen molar-refractivity contribution in [1.29, 1.82) is 0 Å². The molecule has 0 radical (unpaired) electrons. The smallest absolute Gasteiger partial charge is 0.158 e. The molecule has 1 aromatic rings. The van der Waals surface area contributed by atoms with E-state index in [1.807, 2.05) is 0 Å². The Kier molecular flexibility index (Phi) is 3.59. The molecule has 1 aliphatic rings. The molecule has 1 aromatic carbocycles. The summed E-state index contributed by atoms with van der Waals surface area (Å²) >= 11 is 0. The highest BCUT2D eigenvalue weighted by Crippen LogP contribution is 2.14. The zero-order valence-electron chi connectivity index (χ0n) is 9.60. The summed E-state index contributed by atoms with van der Waals surface area (Å²) in [5, 5.41) is 0. The first kappa shape index (κ1) is 11.6. The number of hydrogen-bond donors (Lipinski definition) is 0. The Labute approximate surface area is 95.9 Å². The third-order valence-corrected chi connectivity index (χ3v) is 3.12. The predicted molar refractivity (Wildman–Crippen MR) is 63.7 cm³/mol. The molecule has 86 valence electrons. The Morgan fingerprint density at radius 3 is 2.44 bits per heavy atom. The highest BCUT2D eigenvalue weighted by molar-refractivity contribution is 6.32. The Hall–Kier alpha value is -0.895. The minimum atomic E-state index is -0.730. The minimum absolute atomic E-state index is 0.395. The van der Waals surface area contributed by atoms with Crippen molar-refractivity contribution >= 4 is 13.3 Å². The van der Waals surface area contributed by atoms with E-state index >= 15 is 0 Å². The number of benzene rings is 1. The van der Waals surface area contributed by atoms with Crippen molar-refractivity contribution in [3.8, 4) is 0 Å². The number of hydrogen-bond acceptors (Lipinski definition) is 1. The predicted octanol–water partition coefficient (Wildman–Crippen LogP) is 1.21. The molecule has 1 aliphatic heterocycles. The van der Waals surface area contributed by atoms with Crippen molar-refractivity contribution in [3.05, 3.63) is 29.3 Å². The largest absolute Gasteiger partial charge is 0.299 e. The lowest BCUT2D eigenvalue weighted by molar-refractivity contribution is 0.220. The molecule has 0 spiro atoms. The van der Waals surface area contributed by atoms with E-state index in [0.717, 1.165) is 25.2 Å². The van der Waals surface area contributed by atoms with E-state index in [0.29, 0.717) is 5.46 Å². The molecule has 16 heavy (non-hydrogen) atoms. The highest BCUT2D eigenvalue weighted by Gasteiger charge is 2.12. The van der Waals surface area contributed by atoms with E-state index in [1.54, 1.807) is 13.9 Å². The van der Waals surface area contributed by atoms with Gasteiger partial charge in [0.15, 0.2) is 11.6 Å². The fourth-order valence-corrected chi connectivity index (χ4v) is 2.26. The molecular weight excluding hydrogens is 207 g/mol. The van der Waals surface area contributed by atoms with Gasteiger partial charge in [0.25, 0.3) is 0 Å². The number of piperidine rings is 1. The van der Waals surface area contributed by atoms with Crippen LogP contribution in [0.25, 0.3) is 0 Å². The van der Waals surface area contributed by atoms with Crippen molar-refractivity contribution in [3.63, 3.8) is 0 Å². The van der Waals surface area contributed by atoms with Crippen LogP contribution in [0.3, 0.4) is 0 Å².